The Morgan fingerprint density at radius 1 is 0.966 bits per heavy atom. The normalized spacial score (nSPS) is 11.8. The van der Waals surface area contributed by atoms with E-state index in [1.54, 1.807) is 0 Å². The first-order chi connectivity index (χ1) is 13.7. The van der Waals surface area contributed by atoms with Gasteiger partial charge in [-0.05, 0) is 37.1 Å². The number of hydrogen-bond donors (Lipinski definition) is 1. The number of benzene rings is 2. The van der Waals surface area contributed by atoms with Crippen molar-refractivity contribution < 1.29 is 0 Å². The fraction of sp³-hybridized carbons (Fsp3) is 0.250. The largest absolute Gasteiger partial charge is 0.340 e. The quantitative estimate of drug-likeness (QED) is 0.412. The van der Waals surface area contributed by atoms with E-state index in [4.69, 9.17) is 21.7 Å². The Bertz CT molecular complexity index is 1190. The number of rotatable bonds is 3. The molecule has 0 amide bonds. The average Bonchev–Trinajstić information content (AvgIpc) is 3.01. The molecule has 0 spiro atoms. The Hall–Kier alpha value is -2.85. The summed E-state index contributed by atoms with van der Waals surface area (Å²) in [4.78, 5) is 5.01. The first kappa shape index (κ1) is 19.5. The van der Waals surface area contributed by atoms with Gasteiger partial charge in [0, 0.05) is 27.8 Å². The van der Waals surface area contributed by atoms with Crippen LogP contribution >= 0.6 is 11.6 Å². The predicted molar refractivity (Wildman–Crippen MR) is 121 cm³/mol. The zero-order valence-electron chi connectivity index (χ0n) is 17.4. The van der Waals surface area contributed by atoms with Gasteiger partial charge in [0.15, 0.2) is 5.65 Å². The van der Waals surface area contributed by atoms with Gasteiger partial charge in [-0.1, -0.05) is 68.8 Å². The van der Waals surface area contributed by atoms with Crippen molar-refractivity contribution in [3.8, 4) is 11.1 Å². The summed E-state index contributed by atoms with van der Waals surface area (Å²) in [6.45, 7) is 10.5. The number of anilines is 2. The molecule has 5 heteroatoms. The maximum Gasteiger partial charge on any atom is 0.165 e. The van der Waals surface area contributed by atoms with Crippen LogP contribution in [0.5, 0.6) is 0 Å². The summed E-state index contributed by atoms with van der Waals surface area (Å²) in [7, 11) is 0. The van der Waals surface area contributed by atoms with Crippen LogP contribution in [0.2, 0.25) is 5.02 Å². The molecular weight excluding hydrogens is 380 g/mol. The highest BCUT2D eigenvalue weighted by Crippen LogP contribution is 2.33. The van der Waals surface area contributed by atoms with Crippen LogP contribution in [-0.4, -0.2) is 14.6 Å². The van der Waals surface area contributed by atoms with Crippen LogP contribution in [0, 0.1) is 13.8 Å². The van der Waals surface area contributed by atoms with Gasteiger partial charge in [-0.2, -0.15) is 9.61 Å². The minimum absolute atomic E-state index is 0.102. The van der Waals surface area contributed by atoms with E-state index in [1.807, 2.05) is 54.8 Å². The first-order valence-corrected chi connectivity index (χ1v) is 10.1. The second-order valence-electron chi connectivity index (χ2n) is 8.43. The summed E-state index contributed by atoms with van der Waals surface area (Å²) >= 11 is 6.34. The number of nitrogens with zero attached hydrogens (tertiary/aromatic N) is 3. The number of aromatic nitrogens is 3. The molecule has 29 heavy (non-hydrogen) atoms. The minimum Gasteiger partial charge on any atom is -0.340 e. The van der Waals surface area contributed by atoms with Crippen molar-refractivity contribution in [1.82, 2.24) is 14.6 Å². The molecule has 0 unspecified atom stereocenters. The van der Waals surface area contributed by atoms with Gasteiger partial charge < -0.3 is 5.32 Å². The van der Waals surface area contributed by atoms with Gasteiger partial charge in [0.2, 0.25) is 0 Å². The van der Waals surface area contributed by atoms with Crippen LogP contribution < -0.4 is 5.32 Å². The van der Waals surface area contributed by atoms with Crippen LogP contribution in [-0.2, 0) is 5.41 Å². The van der Waals surface area contributed by atoms with E-state index in [9.17, 15) is 0 Å². The van der Waals surface area contributed by atoms with E-state index in [0.717, 1.165) is 50.3 Å². The summed E-state index contributed by atoms with van der Waals surface area (Å²) in [5.41, 5.74) is 6.83. The minimum atomic E-state index is -0.102. The fourth-order valence-corrected chi connectivity index (χ4v) is 3.54. The molecule has 0 saturated heterocycles. The highest BCUT2D eigenvalue weighted by molar-refractivity contribution is 6.31. The van der Waals surface area contributed by atoms with Gasteiger partial charge in [0.1, 0.15) is 5.82 Å². The van der Waals surface area contributed by atoms with E-state index in [0.29, 0.717) is 0 Å². The molecule has 2 aromatic heterocycles. The zero-order valence-corrected chi connectivity index (χ0v) is 18.2. The second-order valence-corrected chi connectivity index (χ2v) is 8.83. The Morgan fingerprint density at radius 3 is 2.34 bits per heavy atom. The average molecular weight is 405 g/mol. The molecule has 4 aromatic rings. The Kier molecular flexibility index (Phi) is 4.83. The van der Waals surface area contributed by atoms with Gasteiger partial charge in [-0.15, -0.1) is 0 Å². The highest BCUT2D eigenvalue weighted by atomic mass is 35.5. The topological polar surface area (TPSA) is 42.2 Å². The van der Waals surface area contributed by atoms with E-state index in [2.05, 4.69) is 44.3 Å². The van der Waals surface area contributed by atoms with Gasteiger partial charge in [0.05, 0.1) is 11.4 Å². The smallest absolute Gasteiger partial charge is 0.165 e. The van der Waals surface area contributed by atoms with Crippen molar-refractivity contribution >= 4 is 28.8 Å². The lowest BCUT2D eigenvalue weighted by Gasteiger charge is -2.20. The number of nitrogens with one attached hydrogen (secondary N) is 1. The van der Waals surface area contributed by atoms with Gasteiger partial charge in [-0.3, -0.25) is 0 Å². The first-order valence-electron chi connectivity index (χ1n) is 9.73. The number of hydrogen-bond acceptors (Lipinski definition) is 3. The molecule has 1 N–H and O–H groups in total. The maximum absolute atomic E-state index is 6.34. The van der Waals surface area contributed by atoms with Crippen molar-refractivity contribution in [2.24, 2.45) is 0 Å². The summed E-state index contributed by atoms with van der Waals surface area (Å²) in [5.74, 6) is 0.866. The third kappa shape index (κ3) is 3.73. The molecule has 0 aliphatic heterocycles. The van der Waals surface area contributed by atoms with Crippen molar-refractivity contribution in [3.63, 3.8) is 0 Å². The number of aryl methyl sites for hydroxylation is 2. The van der Waals surface area contributed by atoms with Crippen LogP contribution in [0.4, 0.5) is 11.5 Å². The van der Waals surface area contributed by atoms with Gasteiger partial charge >= 0.3 is 0 Å². The zero-order chi connectivity index (χ0) is 20.8. The maximum atomic E-state index is 6.34. The van der Waals surface area contributed by atoms with Crippen LogP contribution in [0.1, 0.15) is 37.7 Å². The standard InChI is InChI=1S/C24H25ClN4/c1-15-11-12-18(13-19(15)25)26-21-14-20(24(3,4)5)27-23-22(16(2)28-29(21)23)17-9-7-6-8-10-17/h6-14,26H,1-5H3. The molecule has 2 aromatic carbocycles. The molecule has 4 rings (SSSR count). The Balaban J connectivity index is 1.95. The molecule has 0 fully saturated rings. The van der Waals surface area contributed by atoms with Crippen molar-refractivity contribution in [2.45, 2.75) is 40.0 Å². The van der Waals surface area contributed by atoms with E-state index in [-0.39, 0.29) is 5.41 Å². The van der Waals surface area contributed by atoms with Crippen LogP contribution in [0.3, 0.4) is 0 Å². The van der Waals surface area contributed by atoms with Crippen LogP contribution in [0.15, 0.2) is 54.6 Å². The van der Waals surface area contributed by atoms with Gasteiger partial charge in [-0.25, -0.2) is 4.98 Å². The monoisotopic (exact) mass is 404 g/mol. The molecule has 148 valence electrons. The summed E-state index contributed by atoms with van der Waals surface area (Å²) in [6.07, 6.45) is 0. The molecule has 0 atom stereocenters. The fourth-order valence-electron chi connectivity index (χ4n) is 3.36. The second kappa shape index (κ2) is 7.20. The molecule has 4 nitrogen and oxygen atoms in total. The van der Waals surface area contributed by atoms with Crippen molar-refractivity contribution in [2.75, 3.05) is 5.32 Å². The van der Waals surface area contributed by atoms with Crippen LogP contribution in [0.25, 0.3) is 16.8 Å². The number of fused-ring (bicyclic) bond motifs is 1. The highest BCUT2D eigenvalue weighted by Gasteiger charge is 2.22. The summed E-state index contributed by atoms with van der Waals surface area (Å²) < 4.78 is 1.89. The molecule has 0 radical (unpaired) electrons. The Labute approximate surface area is 176 Å². The summed E-state index contributed by atoms with van der Waals surface area (Å²) in [5, 5.41) is 9.04. The van der Waals surface area contributed by atoms with Crippen molar-refractivity contribution in [1.29, 1.82) is 0 Å². The molecule has 2 heterocycles. The number of halogens is 1. The van der Waals surface area contributed by atoms with Gasteiger partial charge in [0.25, 0.3) is 0 Å². The SMILES string of the molecule is Cc1ccc(Nc2cc(C(C)(C)C)nc3c(-c4ccccc4)c(C)nn23)cc1Cl. The third-order valence-corrected chi connectivity index (χ3v) is 5.45. The Morgan fingerprint density at radius 2 is 1.69 bits per heavy atom. The molecule has 0 bridgehead atoms. The lowest BCUT2D eigenvalue weighted by atomic mass is 9.92. The predicted octanol–water partition coefficient (Wildman–Crippen LogP) is 6.71. The van der Waals surface area contributed by atoms with Crippen molar-refractivity contribution in [3.05, 3.63) is 76.6 Å². The van der Waals surface area contributed by atoms with E-state index < -0.39 is 0 Å². The lowest BCUT2D eigenvalue weighted by molar-refractivity contribution is 0.569. The third-order valence-electron chi connectivity index (χ3n) is 5.04. The van der Waals surface area contributed by atoms with E-state index >= 15 is 0 Å². The molecule has 0 aliphatic carbocycles. The molecule has 0 aliphatic rings. The lowest BCUT2D eigenvalue weighted by Crippen LogP contribution is -2.16. The van der Waals surface area contributed by atoms with E-state index in [1.165, 1.54) is 0 Å². The molecule has 0 saturated carbocycles. The summed E-state index contributed by atoms with van der Waals surface area (Å²) in [6, 6.07) is 18.3. The molecular formula is C24H25ClN4.